The minimum absolute atomic E-state index is 0.0123. The number of hydrogen-bond acceptors (Lipinski definition) is 4. The van der Waals surface area contributed by atoms with Gasteiger partial charge in [0, 0.05) is 30.2 Å². The summed E-state index contributed by atoms with van der Waals surface area (Å²) in [5.74, 6) is 0.236. The molecule has 13 heavy (non-hydrogen) atoms. The Hall–Kier alpha value is -1.16. The summed E-state index contributed by atoms with van der Waals surface area (Å²) in [6.45, 7) is 0. The number of ketones is 1. The van der Waals surface area contributed by atoms with Crippen LogP contribution in [0.15, 0.2) is 22.7 Å². The zero-order chi connectivity index (χ0) is 9.26. The Kier molecular flexibility index (Phi) is 2.14. The summed E-state index contributed by atoms with van der Waals surface area (Å²) in [6.07, 6.45) is 2.31. The van der Waals surface area contributed by atoms with E-state index in [1.807, 2.05) is 5.38 Å². The van der Waals surface area contributed by atoms with Crippen LogP contribution in [0.4, 0.5) is 0 Å². The van der Waals surface area contributed by atoms with Gasteiger partial charge in [-0.3, -0.25) is 4.79 Å². The average molecular weight is 195 g/mol. The molecule has 1 aliphatic rings. The van der Waals surface area contributed by atoms with Crippen LogP contribution >= 0.6 is 11.3 Å². The Morgan fingerprint density at radius 2 is 2.38 bits per heavy atom. The third-order valence-corrected chi connectivity index (χ3v) is 2.71. The SMILES string of the molecule is O=C1C=C(O)CC(c2cscn2)C1. The molecule has 4 heteroatoms. The first kappa shape index (κ1) is 8.44. The quantitative estimate of drug-likeness (QED) is 0.746. The summed E-state index contributed by atoms with van der Waals surface area (Å²) in [4.78, 5) is 15.3. The summed E-state index contributed by atoms with van der Waals surface area (Å²) >= 11 is 1.51. The van der Waals surface area contributed by atoms with Crippen LogP contribution in [0.2, 0.25) is 0 Å². The smallest absolute Gasteiger partial charge is 0.159 e. The van der Waals surface area contributed by atoms with Gasteiger partial charge in [0.2, 0.25) is 0 Å². The predicted octanol–water partition coefficient (Wildman–Crippen LogP) is 2.03. The maximum atomic E-state index is 11.1. The highest BCUT2D eigenvalue weighted by molar-refractivity contribution is 7.07. The van der Waals surface area contributed by atoms with Gasteiger partial charge in [-0.1, -0.05) is 0 Å². The van der Waals surface area contributed by atoms with Crippen molar-refractivity contribution in [1.29, 1.82) is 0 Å². The molecular weight excluding hydrogens is 186 g/mol. The Bertz CT molecular complexity index is 343. The third kappa shape index (κ3) is 1.78. The molecular formula is C9H9NO2S. The number of nitrogens with zero attached hydrogens (tertiary/aromatic N) is 1. The first-order valence-electron chi connectivity index (χ1n) is 4.06. The topological polar surface area (TPSA) is 50.2 Å². The number of rotatable bonds is 1. The van der Waals surface area contributed by atoms with Crippen molar-refractivity contribution in [1.82, 2.24) is 4.98 Å². The fraction of sp³-hybridized carbons (Fsp3) is 0.333. The molecule has 1 atom stereocenters. The van der Waals surface area contributed by atoms with Crippen LogP contribution in [-0.2, 0) is 4.79 Å². The highest BCUT2D eigenvalue weighted by atomic mass is 32.1. The second-order valence-corrected chi connectivity index (χ2v) is 3.84. The predicted molar refractivity (Wildman–Crippen MR) is 49.8 cm³/mol. The van der Waals surface area contributed by atoms with Crippen molar-refractivity contribution in [3.63, 3.8) is 0 Å². The van der Waals surface area contributed by atoms with E-state index >= 15 is 0 Å². The molecule has 0 amide bonds. The Labute approximate surface area is 79.7 Å². The molecule has 3 nitrogen and oxygen atoms in total. The molecule has 0 bridgehead atoms. The number of carbonyl (C=O) groups is 1. The van der Waals surface area contributed by atoms with Crippen molar-refractivity contribution in [3.05, 3.63) is 28.4 Å². The number of thiazole rings is 1. The number of aliphatic hydroxyl groups is 1. The minimum atomic E-state index is -0.0123. The third-order valence-electron chi connectivity index (χ3n) is 2.10. The van der Waals surface area contributed by atoms with Crippen LogP contribution in [0.5, 0.6) is 0 Å². The summed E-state index contributed by atoms with van der Waals surface area (Å²) in [5.41, 5.74) is 2.66. The maximum Gasteiger partial charge on any atom is 0.159 e. The maximum absolute atomic E-state index is 11.1. The van der Waals surface area contributed by atoms with Crippen LogP contribution < -0.4 is 0 Å². The van der Waals surface area contributed by atoms with E-state index < -0.39 is 0 Å². The van der Waals surface area contributed by atoms with Gasteiger partial charge < -0.3 is 5.11 Å². The molecule has 1 heterocycles. The van der Waals surface area contributed by atoms with E-state index in [-0.39, 0.29) is 17.5 Å². The Morgan fingerprint density at radius 1 is 1.54 bits per heavy atom. The van der Waals surface area contributed by atoms with Crippen molar-refractivity contribution in [2.24, 2.45) is 0 Å². The van der Waals surface area contributed by atoms with Gasteiger partial charge in [-0.2, -0.15) is 0 Å². The largest absolute Gasteiger partial charge is 0.512 e. The molecule has 1 aliphatic carbocycles. The molecule has 0 aromatic carbocycles. The minimum Gasteiger partial charge on any atom is -0.512 e. The van der Waals surface area contributed by atoms with Crippen LogP contribution in [-0.4, -0.2) is 15.9 Å². The fourth-order valence-corrected chi connectivity index (χ4v) is 2.14. The van der Waals surface area contributed by atoms with Gasteiger partial charge in [0.1, 0.15) is 0 Å². The van der Waals surface area contributed by atoms with Crippen molar-refractivity contribution in [3.8, 4) is 0 Å². The lowest BCUT2D eigenvalue weighted by molar-refractivity contribution is -0.115. The molecule has 1 aromatic rings. The zero-order valence-corrected chi connectivity index (χ0v) is 7.75. The number of aliphatic hydroxyl groups excluding tert-OH is 1. The van der Waals surface area contributed by atoms with Crippen molar-refractivity contribution >= 4 is 17.1 Å². The Balaban J connectivity index is 2.20. The standard InChI is InChI=1S/C9H9NO2S/c11-7-1-6(2-8(12)3-7)9-4-13-5-10-9/h3-6,11H,1-2H2. The monoisotopic (exact) mass is 195 g/mol. The molecule has 0 fully saturated rings. The lowest BCUT2D eigenvalue weighted by Crippen LogP contribution is -2.12. The van der Waals surface area contributed by atoms with Gasteiger partial charge in [0.15, 0.2) is 5.78 Å². The van der Waals surface area contributed by atoms with E-state index in [4.69, 9.17) is 0 Å². The van der Waals surface area contributed by atoms with Crippen LogP contribution in [0, 0.1) is 0 Å². The van der Waals surface area contributed by atoms with E-state index in [1.54, 1.807) is 5.51 Å². The fourth-order valence-electron chi connectivity index (χ4n) is 1.50. The van der Waals surface area contributed by atoms with E-state index in [1.165, 1.54) is 17.4 Å². The molecule has 1 unspecified atom stereocenters. The van der Waals surface area contributed by atoms with Crippen molar-refractivity contribution in [2.45, 2.75) is 18.8 Å². The highest BCUT2D eigenvalue weighted by Crippen LogP contribution is 2.29. The number of allylic oxidation sites excluding steroid dienone is 2. The van der Waals surface area contributed by atoms with Crippen molar-refractivity contribution < 1.29 is 9.90 Å². The van der Waals surface area contributed by atoms with E-state index in [0.717, 1.165) is 5.69 Å². The summed E-state index contributed by atoms with van der Waals surface area (Å²) < 4.78 is 0. The van der Waals surface area contributed by atoms with E-state index in [9.17, 15) is 9.90 Å². The van der Waals surface area contributed by atoms with Gasteiger partial charge in [-0.05, 0) is 0 Å². The number of carbonyl (C=O) groups excluding carboxylic acids is 1. The summed E-state index contributed by atoms with van der Waals surface area (Å²) in [7, 11) is 0. The lowest BCUT2D eigenvalue weighted by Gasteiger charge is -2.16. The highest BCUT2D eigenvalue weighted by Gasteiger charge is 2.22. The zero-order valence-electron chi connectivity index (χ0n) is 6.93. The number of hydrogen-bond donors (Lipinski definition) is 1. The van der Waals surface area contributed by atoms with E-state index in [2.05, 4.69) is 4.98 Å². The van der Waals surface area contributed by atoms with Gasteiger partial charge in [-0.25, -0.2) is 4.98 Å². The van der Waals surface area contributed by atoms with Crippen LogP contribution in [0.1, 0.15) is 24.5 Å². The first-order valence-corrected chi connectivity index (χ1v) is 5.00. The number of aromatic nitrogens is 1. The lowest BCUT2D eigenvalue weighted by atomic mass is 9.90. The van der Waals surface area contributed by atoms with Gasteiger partial charge >= 0.3 is 0 Å². The summed E-state index contributed by atoms with van der Waals surface area (Å²) in [6, 6.07) is 0. The molecule has 0 saturated heterocycles. The molecule has 1 aromatic heterocycles. The molecule has 0 aliphatic heterocycles. The van der Waals surface area contributed by atoms with Gasteiger partial charge in [0.25, 0.3) is 0 Å². The first-order chi connectivity index (χ1) is 6.25. The van der Waals surface area contributed by atoms with Crippen LogP contribution in [0.25, 0.3) is 0 Å². The van der Waals surface area contributed by atoms with Gasteiger partial charge in [-0.15, -0.1) is 11.3 Å². The molecule has 0 radical (unpaired) electrons. The van der Waals surface area contributed by atoms with Crippen molar-refractivity contribution in [2.75, 3.05) is 0 Å². The molecule has 0 saturated carbocycles. The summed E-state index contributed by atoms with van der Waals surface area (Å²) in [5, 5.41) is 11.2. The molecule has 2 rings (SSSR count). The second-order valence-electron chi connectivity index (χ2n) is 3.12. The molecule has 1 N–H and O–H groups in total. The second kappa shape index (κ2) is 3.30. The van der Waals surface area contributed by atoms with Gasteiger partial charge in [0.05, 0.1) is 17.0 Å². The Morgan fingerprint density at radius 3 is 3.00 bits per heavy atom. The van der Waals surface area contributed by atoms with Crippen LogP contribution in [0.3, 0.4) is 0 Å². The molecule has 68 valence electrons. The molecule has 0 spiro atoms. The average Bonchev–Trinajstić information content (AvgIpc) is 2.53. The van der Waals surface area contributed by atoms with E-state index in [0.29, 0.717) is 12.8 Å². The normalized spacial score (nSPS) is 22.9.